The molecule has 0 amide bonds. The number of hydrogen-bond acceptors (Lipinski definition) is 5. The van der Waals surface area contributed by atoms with Gasteiger partial charge in [0.2, 0.25) is 5.41 Å². The monoisotopic (exact) mass is 415 g/mol. The van der Waals surface area contributed by atoms with E-state index in [0.29, 0.717) is 17.7 Å². The van der Waals surface area contributed by atoms with E-state index in [1.807, 2.05) is 18.0 Å². The Morgan fingerprint density at radius 3 is 2.30 bits per heavy atom. The summed E-state index contributed by atoms with van der Waals surface area (Å²) < 4.78 is 24.5. The lowest BCUT2D eigenvalue weighted by atomic mass is 9.73. The number of nitrogens with zero attached hydrogens (tertiary/aromatic N) is 1. The number of halogens is 1. The summed E-state index contributed by atoms with van der Waals surface area (Å²) in [5.74, 6) is -1.62. The fourth-order valence-corrected chi connectivity index (χ4v) is 4.58. The Kier molecular flexibility index (Phi) is 7.08. The highest BCUT2D eigenvalue weighted by molar-refractivity contribution is 6.05. The lowest BCUT2D eigenvalue weighted by Crippen LogP contribution is -2.47. The molecule has 1 aromatic carbocycles. The zero-order valence-electron chi connectivity index (χ0n) is 17.9. The first kappa shape index (κ1) is 22.2. The first-order valence-corrected chi connectivity index (χ1v) is 10.6. The molecule has 162 valence electrons. The number of rotatable bonds is 6. The smallest absolute Gasteiger partial charge is 0.329 e. The van der Waals surface area contributed by atoms with E-state index < -0.39 is 23.4 Å². The van der Waals surface area contributed by atoms with E-state index in [2.05, 4.69) is 6.08 Å². The van der Waals surface area contributed by atoms with E-state index in [1.165, 1.54) is 12.1 Å². The molecule has 1 fully saturated rings. The molecule has 6 heteroatoms. The Bertz CT molecular complexity index is 825. The Balaban J connectivity index is 2.21. The normalized spacial score (nSPS) is 22.6. The van der Waals surface area contributed by atoms with Crippen LogP contribution < -0.4 is 0 Å². The fourth-order valence-electron chi connectivity index (χ4n) is 4.58. The summed E-state index contributed by atoms with van der Waals surface area (Å²) in [4.78, 5) is 28.8. The molecule has 1 aromatic rings. The number of hydrogen-bond donors (Lipinski definition) is 0. The van der Waals surface area contributed by atoms with Crippen LogP contribution in [0.4, 0.5) is 4.39 Å². The predicted molar refractivity (Wildman–Crippen MR) is 112 cm³/mol. The van der Waals surface area contributed by atoms with Crippen molar-refractivity contribution in [3.8, 4) is 0 Å². The first-order valence-electron chi connectivity index (χ1n) is 10.6. The zero-order valence-corrected chi connectivity index (χ0v) is 17.9. The molecule has 3 rings (SSSR count). The van der Waals surface area contributed by atoms with Crippen molar-refractivity contribution in [2.24, 2.45) is 5.41 Å². The topological polar surface area (TPSA) is 55.8 Å². The minimum absolute atomic E-state index is 0.149. The number of allylic oxidation sites excluding steroid dienone is 3. The van der Waals surface area contributed by atoms with Crippen molar-refractivity contribution in [2.75, 3.05) is 26.8 Å². The summed E-state index contributed by atoms with van der Waals surface area (Å²) >= 11 is 0. The molecule has 0 bridgehead atoms. The van der Waals surface area contributed by atoms with Gasteiger partial charge in [0.1, 0.15) is 5.82 Å². The quantitative estimate of drug-likeness (QED) is 0.511. The van der Waals surface area contributed by atoms with E-state index >= 15 is 0 Å². The molecule has 0 aromatic heterocycles. The second-order valence-electron chi connectivity index (χ2n) is 7.81. The first-order chi connectivity index (χ1) is 14.4. The van der Waals surface area contributed by atoms with Gasteiger partial charge < -0.3 is 9.47 Å². The number of esters is 2. The van der Waals surface area contributed by atoms with Crippen molar-refractivity contribution in [3.05, 3.63) is 58.9 Å². The zero-order chi connectivity index (χ0) is 21.7. The van der Waals surface area contributed by atoms with Crippen molar-refractivity contribution < 1.29 is 23.5 Å². The third kappa shape index (κ3) is 4.06. The lowest BCUT2D eigenvalue weighted by molar-refractivity contribution is -0.171. The maximum Gasteiger partial charge on any atom is 0.329 e. The Morgan fingerprint density at radius 2 is 1.77 bits per heavy atom. The fraction of sp³-hybridized carbons (Fsp3) is 0.500. The van der Waals surface area contributed by atoms with Crippen LogP contribution in [0.1, 0.15) is 51.1 Å². The second-order valence-corrected chi connectivity index (χ2v) is 7.81. The molecule has 1 heterocycles. The molecular formula is C24H30FNO4. The highest BCUT2D eigenvalue weighted by atomic mass is 19.1. The highest BCUT2D eigenvalue weighted by Crippen LogP contribution is 2.52. The molecule has 1 unspecified atom stereocenters. The molecule has 1 aliphatic carbocycles. The van der Waals surface area contributed by atoms with Crippen LogP contribution in [0.2, 0.25) is 0 Å². The summed E-state index contributed by atoms with van der Waals surface area (Å²) in [6.45, 7) is 4.15. The van der Waals surface area contributed by atoms with Gasteiger partial charge in [-0.2, -0.15) is 0 Å². The Labute approximate surface area is 177 Å². The van der Waals surface area contributed by atoms with Gasteiger partial charge in [-0.1, -0.05) is 29.9 Å². The predicted octanol–water partition coefficient (Wildman–Crippen LogP) is 4.35. The Morgan fingerprint density at radius 1 is 1.13 bits per heavy atom. The number of likely N-dealkylation sites (N-methyl/N-ethyl adjacent to an activating group) is 1. The summed E-state index contributed by atoms with van der Waals surface area (Å²) in [7, 11) is 1.86. The third-order valence-electron chi connectivity index (χ3n) is 5.84. The average molecular weight is 416 g/mol. The molecular weight excluding hydrogens is 385 g/mol. The Hall–Kier alpha value is -2.47. The van der Waals surface area contributed by atoms with Gasteiger partial charge in [0.15, 0.2) is 0 Å². The number of ether oxygens (including phenoxy) is 2. The average Bonchev–Trinajstić information content (AvgIpc) is 3.02. The summed E-state index contributed by atoms with van der Waals surface area (Å²) in [5.41, 5.74) is 0.837. The van der Waals surface area contributed by atoms with Gasteiger partial charge in [0, 0.05) is 6.54 Å². The van der Waals surface area contributed by atoms with Crippen LogP contribution >= 0.6 is 0 Å². The number of carbonyl (C=O) groups excluding carboxylic acids is 2. The van der Waals surface area contributed by atoms with E-state index in [0.717, 1.165) is 31.3 Å². The minimum atomic E-state index is -1.63. The lowest BCUT2D eigenvalue weighted by Gasteiger charge is -2.34. The molecule has 30 heavy (non-hydrogen) atoms. The number of benzene rings is 1. The molecule has 1 atom stereocenters. The van der Waals surface area contributed by atoms with Crippen LogP contribution in [0.15, 0.2) is 47.6 Å². The van der Waals surface area contributed by atoms with Crippen LogP contribution in [0.3, 0.4) is 0 Å². The van der Waals surface area contributed by atoms with Crippen LogP contribution in [-0.2, 0) is 19.1 Å². The molecule has 1 aliphatic heterocycles. The van der Waals surface area contributed by atoms with E-state index in [9.17, 15) is 14.0 Å². The molecule has 0 spiro atoms. The minimum Gasteiger partial charge on any atom is -0.465 e. The van der Waals surface area contributed by atoms with Gasteiger partial charge in [-0.05, 0) is 69.8 Å². The van der Waals surface area contributed by atoms with Gasteiger partial charge >= 0.3 is 11.9 Å². The van der Waals surface area contributed by atoms with Crippen LogP contribution in [0, 0.1) is 11.2 Å². The molecule has 0 radical (unpaired) electrons. The summed E-state index contributed by atoms with van der Waals surface area (Å²) in [6.07, 6.45) is 8.28. The summed E-state index contributed by atoms with van der Waals surface area (Å²) in [6, 6.07) is 5.27. The van der Waals surface area contributed by atoms with Gasteiger partial charge in [0.25, 0.3) is 0 Å². The highest BCUT2D eigenvalue weighted by Gasteiger charge is 2.63. The number of carbonyl (C=O) groups is 2. The van der Waals surface area contributed by atoms with Crippen molar-refractivity contribution in [1.29, 1.82) is 0 Å². The van der Waals surface area contributed by atoms with Crippen LogP contribution in [0.25, 0.3) is 0 Å². The van der Waals surface area contributed by atoms with E-state index in [1.54, 1.807) is 26.0 Å². The summed E-state index contributed by atoms with van der Waals surface area (Å²) in [5, 5.41) is 0. The standard InChI is InChI=1S/C24H30FNO4/c1-4-29-22(27)24(23(28)30-5-2)19(15-17-9-7-6-8-10-17)16-26(3)21(24)18-11-13-20(25)14-12-18/h9,11-15,21H,4-8,10,16H2,1-3H3/b19-15+. The molecule has 5 nitrogen and oxygen atoms in total. The van der Waals surface area contributed by atoms with Crippen molar-refractivity contribution in [1.82, 2.24) is 4.90 Å². The van der Waals surface area contributed by atoms with Gasteiger partial charge in [-0.25, -0.2) is 4.39 Å². The van der Waals surface area contributed by atoms with Crippen molar-refractivity contribution in [2.45, 2.75) is 45.6 Å². The van der Waals surface area contributed by atoms with Crippen molar-refractivity contribution >= 4 is 11.9 Å². The SMILES string of the molecule is CCOC(=O)C1(C(=O)OCC)/C(=C/C2=CCCCC2)CN(C)C1c1ccc(F)cc1. The van der Waals surface area contributed by atoms with Gasteiger partial charge in [-0.15, -0.1) is 0 Å². The van der Waals surface area contributed by atoms with Gasteiger partial charge in [0.05, 0.1) is 19.3 Å². The van der Waals surface area contributed by atoms with E-state index in [-0.39, 0.29) is 19.0 Å². The molecule has 2 aliphatic rings. The van der Waals surface area contributed by atoms with E-state index in [4.69, 9.17) is 9.47 Å². The molecule has 0 saturated carbocycles. The van der Waals surface area contributed by atoms with Crippen molar-refractivity contribution in [3.63, 3.8) is 0 Å². The maximum atomic E-state index is 13.6. The largest absolute Gasteiger partial charge is 0.465 e. The third-order valence-corrected chi connectivity index (χ3v) is 5.84. The number of likely N-dealkylation sites (tertiary alicyclic amines) is 1. The molecule has 1 saturated heterocycles. The van der Waals surface area contributed by atoms with Gasteiger partial charge in [-0.3, -0.25) is 14.5 Å². The second kappa shape index (κ2) is 9.56. The maximum absolute atomic E-state index is 13.6. The van der Waals surface area contributed by atoms with Crippen LogP contribution in [-0.4, -0.2) is 43.6 Å². The molecule has 0 N–H and O–H groups in total. The van der Waals surface area contributed by atoms with Crippen LogP contribution in [0.5, 0.6) is 0 Å².